The lowest BCUT2D eigenvalue weighted by Crippen LogP contribution is -2.39. The Kier molecular flexibility index (Phi) is 6.99. The molecule has 1 aromatic heterocycles. The number of ketones is 1. The third-order valence-electron chi connectivity index (χ3n) is 4.36. The number of hydrogen-bond acceptors (Lipinski definition) is 7. The molecule has 1 aromatic rings. The van der Waals surface area contributed by atoms with Crippen molar-refractivity contribution in [2.75, 3.05) is 26.0 Å². The molecule has 1 aliphatic rings. The van der Waals surface area contributed by atoms with Crippen molar-refractivity contribution >= 4 is 19.0 Å². The first kappa shape index (κ1) is 21.8. The van der Waals surface area contributed by atoms with Crippen LogP contribution in [0, 0.1) is 0 Å². The zero-order valence-corrected chi connectivity index (χ0v) is 16.7. The van der Waals surface area contributed by atoms with Crippen molar-refractivity contribution < 1.29 is 19.7 Å². The molecule has 9 nitrogen and oxygen atoms in total. The van der Waals surface area contributed by atoms with E-state index in [0.717, 1.165) is 10.7 Å². The predicted molar refractivity (Wildman–Crippen MR) is 105 cm³/mol. The fourth-order valence-corrected chi connectivity index (χ4v) is 3.84. The highest BCUT2D eigenvalue weighted by atomic mass is 31.2. The van der Waals surface area contributed by atoms with Gasteiger partial charge in [-0.15, -0.1) is 13.2 Å². The van der Waals surface area contributed by atoms with Gasteiger partial charge in [0.25, 0.3) is 5.56 Å². The summed E-state index contributed by atoms with van der Waals surface area (Å²) in [4.78, 5) is 37.3. The van der Waals surface area contributed by atoms with Crippen LogP contribution in [0.1, 0.15) is 25.1 Å². The van der Waals surface area contributed by atoms with Gasteiger partial charge in [0.2, 0.25) is 0 Å². The minimum absolute atomic E-state index is 0.0736. The molecule has 4 N–H and O–H groups in total. The summed E-state index contributed by atoms with van der Waals surface area (Å²) in [5.41, 5.74) is -1.10. The van der Waals surface area contributed by atoms with Crippen molar-refractivity contribution in [1.82, 2.24) is 14.9 Å². The molecule has 0 aromatic carbocycles. The molecule has 1 aliphatic heterocycles. The third kappa shape index (κ3) is 5.73. The minimum Gasteiger partial charge on any atom is -0.388 e. The van der Waals surface area contributed by atoms with Crippen LogP contribution in [0.2, 0.25) is 0 Å². The number of H-pyrrole nitrogens is 1. The lowest BCUT2D eigenvalue weighted by Gasteiger charge is -2.19. The fourth-order valence-electron chi connectivity index (χ4n) is 2.89. The quantitative estimate of drug-likeness (QED) is 0.408. The van der Waals surface area contributed by atoms with E-state index in [-0.39, 0.29) is 24.4 Å². The number of aromatic amines is 1. The van der Waals surface area contributed by atoms with E-state index < -0.39 is 42.7 Å². The maximum absolute atomic E-state index is 12.2. The molecule has 27 heavy (non-hydrogen) atoms. The van der Waals surface area contributed by atoms with E-state index in [1.165, 1.54) is 13.1 Å². The van der Waals surface area contributed by atoms with Crippen LogP contribution in [-0.2, 0) is 16.1 Å². The van der Waals surface area contributed by atoms with Crippen LogP contribution < -0.4 is 16.6 Å². The zero-order valence-electron chi connectivity index (χ0n) is 15.8. The van der Waals surface area contributed by atoms with Crippen LogP contribution in [0.5, 0.6) is 0 Å². The summed E-state index contributed by atoms with van der Waals surface area (Å²) in [7, 11) is 0. The minimum atomic E-state index is -1.33. The summed E-state index contributed by atoms with van der Waals surface area (Å²) in [6.07, 6.45) is 2.52. The van der Waals surface area contributed by atoms with E-state index in [2.05, 4.69) is 29.9 Å². The van der Waals surface area contributed by atoms with Crippen molar-refractivity contribution in [3.05, 3.63) is 32.6 Å². The highest BCUT2D eigenvalue weighted by Gasteiger charge is 2.44. The Morgan fingerprint density at radius 3 is 2.63 bits per heavy atom. The summed E-state index contributed by atoms with van der Waals surface area (Å²) >= 11 is 0. The summed E-state index contributed by atoms with van der Waals surface area (Å²) in [6, 6.07) is 0. The lowest BCUT2D eigenvalue weighted by atomic mass is 10.1. The third-order valence-corrected chi connectivity index (χ3v) is 5.83. The molecule has 152 valence electrons. The molecule has 0 saturated carbocycles. The number of nitrogens with one attached hydrogen (secondary N) is 2. The fraction of sp³-hybridized carbons (Fsp3) is 0.647. The van der Waals surface area contributed by atoms with E-state index in [4.69, 9.17) is 4.74 Å². The second-order valence-corrected chi connectivity index (χ2v) is 11.9. The number of hydrogen-bond donors (Lipinski definition) is 4. The Morgan fingerprint density at radius 2 is 2.04 bits per heavy atom. The Labute approximate surface area is 157 Å². The first-order chi connectivity index (χ1) is 12.5. The van der Waals surface area contributed by atoms with Gasteiger partial charge >= 0.3 is 5.69 Å². The first-order valence-electron chi connectivity index (χ1n) is 8.73. The van der Waals surface area contributed by atoms with Gasteiger partial charge in [0.05, 0.1) is 12.6 Å². The van der Waals surface area contributed by atoms with Gasteiger partial charge in [-0.1, -0.05) is 0 Å². The van der Waals surface area contributed by atoms with Crippen molar-refractivity contribution in [1.29, 1.82) is 0 Å². The number of ether oxygens (including phenoxy) is 1. The summed E-state index contributed by atoms with van der Waals surface area (Å²) in [5.74, 6) is -0.0866. The number of carbonyl (C=O) groups is 1. The monoisotopic (exact) mass is 401 g/mol. The zero-order chi connectivity index (χ0) is 20.4. The number of aromatic nitrogens is 2. The van der Waals surface area contributed by atoms with Gasteiger partial charge in [0, 0.05) is 18.3 Å². The number of aliphatic hydroxyl groups excluding tert-OH is 2. The second-order valence-electron chi connectivity index (χ2n) is 7.62. The summed E-state index contributed by atoms with van der Waals surface area (Å²) < 4.78 is 6.82. The van der Waals surface area contributed by atoms with Gasteiger partial charge < -0.3 is 20.3 Å². The molecule has 2 heterocycles. The Hall–Kier alpha value is -1.51. The summed E-state index contributed by atoms with van der Waals surface area (Å²) in [6.45, 7) is 4.38. The highest BCUT2D eigenvalue weighted by Crippen LogP contribution is 2.39. The van der Waals surface area contributed by atoms with Crippen LogP contribution in [0.3, 0.4) is 0 Å². The SMILES string of the molecule is C=P(C)(C)CC[C@H]1OC(n2cc(CNCC(C)=O)c(=O)[nH]c2=O)[C@H](O)[C@@H]1O. The normalized spacial score (nSPS) is 25.7. The molecular formula is C17H28N3O6P. The molecule has 0 amide bonds. The molecule has 1 saturated heterocycles. The molecular weight excluding hydrogens is 373 g/mol. The molecule has 10 heteroatoms. The predicted octanol–water partition coefficient (Wildman–Crippen LogP) is -1.07. The smallest absolute Gasteiger partial charge is 0.330 e. The maximum Gasteiger partial charge on any atom is 0.330 e. The van der Waals surface area contributed by atoms with Crippen LogP contribution in [0.25, 0.3) is 0 Å². The molecule has 0 aliphatic carbocycles. The first-order valence-corrected chi connectivity index (χ1v) is 11.8. The molecule has 0 bridgehead atoms. The van der Waals surface area contributed by atoms with Crippen LogP contribution >= 0.6 is 6.89 Å². The molecule has 1 fully saturated rings. The van der Waals surface area contributed by atoms with Crippen molar-refractivity contribution in [2.45, 2.75) is 44.4 Å². The van der Waals surface area contributed by atoms with Gasteiger partial charge in [0.1, 0.15) is 18.0 Å². The Bertz CT molecular complexity index is 842. The van der Waals surface area contributed by atoms with Crippen molar-refractivity contribution in [2.24, 2.45) is 0 Å². The van der Waals surface area contributed by atoms with E-state index >= 15 is 0 Å². The number of nitrogens with zero attached hydrogens (tertiary/aromatic N) is 1. The number of rotatable bonds is 8. The largest absolute Gasteiger partial charge is 0.388 e. The highest BCUT2D eigenvalue weighted by molar-refractivity contribution is 7.72. The molecule has 0 spiro atoms. The van der Waals surface area contributed by atoms with Crippen LogP contribution in [-0.4, -0.2) is 76.2 Å². The van der Waals surface area contributed by atoms with Crippen LogP contribution in [0.4, 0.5) is 0 Å². The molecule has 4 atom stereocenters. The Balaban J connectivity index is 2.21. The molecule has 1 unspecified atom stereocenters. The average molecular weight is 401 g/mol. The topological polar surface area (TPSA) is 134 Å². The van der Waals surface area contributed by atoms with E-state index in [9.17, 15) is 24.6 Å². The van der Waals surface area contributed by atoms with Crippen molar-refractivity contribution in [3.63, 3.8) is 0 Å². The standard InChI is InChI=1S/C17H28N3O6P/c1-10(21)7-18-8-11-9-20(17(25)19-15(11)24)16-14(23)13(22)12(26-16)5-6-27(2,3)4/h9,12-14,16,18,22-23H,2,5-8H2,1,3-4H3,(H,19,24,25)/t12-,13-,14-,16?/m1/s1. The number of Topliss-reactive ketones (excluding diaryl/α,β-unsaturated/α-hetero) is 1. The molecule has 2 rings (SSSR count). The van der Waals surface area contributed by atoms with E-state index in [1.807, 2.05) is 0 Å². The van der Waals surface area contributed by atoms with Crippen LogP contribution in [0.15, 0.2) is 15.8 Å². The van der Waals surface area contributed by atoms with Crippen molar-refractivity contribution in [3.8, 4) is 0 Å². The molecule has 0 radical (unpaired) electrons. The van der Waals surface area contributed by atoms with E-state index in [1.54, 1.807) is 0 Å². The van der Waals surface area contributed by atoms with Gasteiger partial charge in [-0.2, -0.15) is 0 Å². The number of aliphatic hydroxyl groups is 2. The lowest BCUT2D eigenvalue weighted by molar-refractivity contribution is -0.116. The maximum atomic E-state index is 12.2. The second kappa shape index (κ2) is 8.67. The van der Waals surface area contributed by atoms with Gasteiger partial charge in [-0.05, 0) is 32.8 Å². The number of carbonyl (C=O) groups excluding carboxylic acids is 1. The van der Waals surface area contributed by atoms with E-state index in [0.29, 0.717) is 6.42 Å². The van der Waals surface area contributed by atoms with Gasteiger partial charge in [-0.25, -0.2) is 4.79 Å². The van der Waals surface area contributed by atoms with Gasteiger partial charge in [-0.3, -0.25) is 19.1 Å². The van der Waals surface area contributed by atoms with Gasteiger partial charge in [0.15, 0.2) is 6.23 Å². The summed E-state index contributed by atoms with van der Waals surface area (Å²) in [5, 5.41) is 23.4. The average Bonchev–Trinajstić information content (AvgIpc) is 2.82. The Morgan fingerprint density at radius 1 is 1.37 bits per heavy atom.